The van der Waals surface area contributed by atoms with Gasteiger partial charge in [0.2, 0.25) is 0 Å². The van der Waals surface area contributed by atoms with Crippen LogP contribution in [0.5, 0.6) is 5.75 Å². The Morgan fingerprint density at radius 2 is 1.83 bits per heavy atom. The second kappa shape index (κ2) is 8.20. The summed E-state index contributed by atoms with van der Waals surface area (Å²) in [4.78, 5) is 24.5. The molecule has 0 saturated heterocycles. The molecule has 5 nitrogen and oxygen atoms in total. The summed E-state index contributed by atoms with van der Waals surface area (Å²) < 4.78 is 5.27. The molecule has 1 aromatic carbocycles. The lowest BCUT2D eigenvalue weighted by molar-refractivity contribution is -0.143. The molecule has 0 unspecified atom stereocenters. The van der Waals surface area contributed by atoms with E-state index >= 15 is 0 Å². The average molecular weight is 340 g/mol. The molecule has 0 aromatic heterocycles. The van der Waals surface area contributed by atoms with Gasteiger partial charge >= 0.3 is 12.1 Å². The molecule has 23 heavy (non-hydrogen) atoms. The summed E-state index contributed by atoms with van der Waals surface area (Å²) in [5.41, 5.74) is 0. The molecule has 1 fully saturated rings. The molecule has 126 valence electrons. The summed E-state index contributed by atoms with van der Waals surface area (Å²) in [6.07, 6.45) is 3.77. The Balaban J connectivity index is 1.72. The van der Waals surface area contributed by atoms with E-state index in [1.807, 2.05) is 0 Å². The summed E-state index contributed by atoms with van der Waals surface area (Å²) in [5, 5.41) is 9.59. The van der Waals surface area contributed by atoms with Gasteiger partial charge in [-0.25, -0.2) is 4.79 Å². The maximum atomic E-state index is 12.0. The van der Waals surface area contributed by atoms with Gasteiger partial charge in [0.15, 0.2) is 0 Å². The SMILES string of the molecule is CN(CC[C@H]1CC[C@H](C(=O)O)CC1)C(=O)Oc1ccc(Cl)cc1. The molecule has 0 aliphatic heterocycles. The Morgan fingerprint density at radius 3 is 2.39 bits per heavy atom. The number of amides is 1. The molecule has 1 N–H and O–H groups in total. The van der Waals surface area contributed by atoms with E-state index in [2.05, 4.69) is 0 Å². The molecule has 6 heteroatoms. The molecule has 0 atom stereocenters. The summed E-state index contributed by atoms with van der Waals surface area (Å²) in [5.74, 6) is 0.0653. The smallest absolute Gasteiger partial charge is 0.414 e. The first kappa shape index (κ1) is 17.6. The maximum absolute atomic E-state index is 12.0. The van der Waals surface area contributed by atoms with Crippen molar-refractivity contribution in [2.75, 3.05) is 13.6 Å². The zero-order valence-corrected chi connectivity index (χ0v) is 14.0. The number of hydrogen-bond donors (Lipinski definition) is 1. The molecule has 0 radical (unpaired) electrons. The maximum Gasteiger partial charge on any atom is 0.414 e. The van der Waals surface area contributed by atoms with Gasteiger partial charge in [-0.05, 0) is 62.3 Å². The lowest BCUT2D eigenvalue weighted by atomic mass is 9.80. The number of carboxylic acid groups (broad SMARTS) is 1. The zero-order chi connectivity index (χ0) is 16.8. The molecule has 1 aliphatic rings. The molecule has 1 aliphatic carbocycles. The molecular weight excluding hydrogens is 318 g/mol. The lowest BCUT2D eigenvalue weighted by Gasteiger charge is -2.27. The minimum atomic E-state index is -0.688. The van der Waals surface area contributed by atoms with E-state index in [1.54, 1.807) is 36.2 Å². The van der Waals surface area contributed by atoms with Crippen molar-refractivity contribution in [1.82, 2.24) is 4.90 Å². The van der Waals surface area contributed by atoms with Crippen molar-refractivity contribution in [2.24, 2.45) is 11.8 Å². The third-order valence-corrected chi connectivity index (χ3v) is 4.65. The number of aliphatic carboxylic acids is 1. The number of nitrogens with zero attached hydrogens (tertiary/aromatic N) is 1. The normalized spacial score (nSPS) is 20.8. The number of benzene rings is 1. The Morgan fingerprint density at radius 1 is 1.22 bits per heavy atom. The van der Waals surface area contributed by atoms with Crippen molar-refractivity contribution in [3.63, 3.8) is 0 Å². The molecule has 2 rings (SSSR count). The first-order valence-electron chi connectivity index (χ1n) is 7.87. The van der Waals surface area contributed by atoms with Gasteiger partial charge in [0.05, 0.1) is 5.92 Å². The second-order valence-electron chi connectivity index (χ2n) is 6.09. The summed E-state index contributed by atoms with van der Waals surface area (Å²) >= 11 is 5.79. The highest BCUT2D eigenvalue weighted by Crippen LogP contribution is 2.31. The second-order valence-corrected chi connectivity index (χ2v) is 6.52. The highest BCUT2D eigenvalue weighted by atomic mass is 35.5. The van der Waals surface area contributed by atoms with E-state index in [-0.39, 0.29) is 5.92 Å². The molecule has 0 heterocycles. The van der Waals surface area contributed by atoms with Crippen molar-refractivity contribution in [2.45, 2.75) is 32.1 Å². The van der Waals surface area contributed by atoms with Gasteiger partial charge in [-0.3, -0.25) is 4.79 Å². The van der Waals surface area contributed by atoms with Crippen molar-refractivity contribution in [3.8, 4) is 5.75 Å². The minimum absolute atomic E-state index is 0.196. The number of hydrogen-bond acceptors (Lipinski definition) is 3. The number of halogens is 1. The fourth-order valence-corrected chi connectivity index (χ4v) is 2.97. The van der Waals surface area contributed by atoms with E-state index in [0.717, 1.165) is 32.1 Å². The largest absolute Gasteiger partial charge is 0.481 e. The lowest BCUT2D eigenvalue weighted by Crippen LogP contribution is -2.32. The highest BCUT2D eigenvalue weighted by molar-refractivity contribution is 6.30. The van der Waals surface area contributed by atoms with E-state index in [4.69, 9.17) is 21.4 Å². The molecule has 1 saturated carbocycles. The highest BCUT2D eigenvalue weighted by Gasteiger charge is 2.26. The van der Waals surface area contributed by atoms with Gasteiger partial charge in [-0.1, -0.05) is 11.6 Å². The van der Waals surface area contributed by atoms with E-state index in [9.17, 15) is 9.59 Å². The zero-order valence-electron chi connectivity index (χ0n) is 13.2. The predicted octanol–water partition coefficient (Wildman–Crippen LogP) is 4.05. The van der Waals surface area contributed by atoms with Crippen LogP contribution in [0.1, 0.15) is 32.1 Å². The standard InChI is InChI=1S/C17H22ClNO4/c1-19(17(22)23-15-8-6-14(18)7-9-15)11-10-12-2-4-13(5-3-12)16(20)21/h6-9,12-13H,2-5,10-11H2,1H3,(H,20,21)/t12-,13-. The molecule has 1 amide bonds. The Kier molecular flexibility index (Phi) is 6.28. The van der Waals surface area contributed by atoms with E-state index in [0.29, 0.717) is 23.2 Å². The van der Waals surface area contributed by atoms with Crippen LogP contribution < -0.4 is 4.74 Å². The van der Waals surface area contributed by atoms with Crippen LogP contribution in [0.3, 0.4) is 0 Å². The average Bonchev–Trinajstić information content (AvgIpc) is 2.55. The van der Waals surface area contributed by atoms with Crippen molar-refractivity contribution in [3.05, 3.63) is 29.3 Å². The fourth-order valence-electron chi connectivity index (χ4n) is 2.85. The van der Waals surface area contributed by atoms with Gasteiger partial charge in [0.1, 0.15) is 5.75 Å². The van der Waals surface area contributed by atoms with Crippen molar-refractivity contribution in [1.29, 1.82) is 0 Å². The van der Waals surface area contributed by atoms with Crippen LogP contribution in [-0.4, -0.2) is 35.7 Å². The Bertz CT molecular complexity index is 538. The fraction of sp³-hybridized carbons (Fsp3) is 0.529. The van der Waals surface area contributed by atoms with Gasteiger partial charge < -0.3 is 14.7 Å². The van der Waals surface area contributed by atoms with Crippen LogP contribution in [0, 0.1) is 11.8 Å². The van der Waals surface area contributed by atoms with E-state index < -0.39 is 12.1 Å². The summed E-state index contributed by atoms with van der Waals surface area (Å²) in [6.45, 7) is 0.606. The van der Waals surface area contributed by atoms with Gasteiger partial charge in [0.25, 0.3) is 0 Å². The third kappa shape index (κ3) is 5.43. The molecular formula is C17H22ClNO4. The predicted molar refractivity (Wildman–Crippen MR) is 87.8 cm³/mol. The van der Waals surface area contributed by atoms with Gasteiger partial charge in [-0.15, -0.1) is 0 Å². The number of carboxylic acids is 1. The van der Waals surface area contributed by atoms with Gasteiger partial charge in [0, 0.05) is 18.6 Å². The van der Waals surface area contributed by atoms with Crippen LogP contribution in [0.2, 0.25) is 5.02 Å². The Hall–Kier alpha value is -1.75. The van der Waals surface area contributed by atoms with Crippen molar-refractivity contribution < 1.29 is 19.4 Å². The Labute approximate surface area is 141 Å². The summed E-state index contributed by atoms with van der Waals surface area (Å²) in [6, 6.07) is 6.65. The number of rotatable bonds is 5. The van der Waals surface area contributed by atoms with Crippen LogP contribution >= 0.6 is 11.6 Å². The van der Waals surface area contributed by atoms with Crippen LogP contribution in [-0.2, 0) is 4.79 Å². The minimum Gasteiger partial charge on any atom is -0.481 e. The third-order valence-electron chi connectivity index (χ3n) is 4.40. The first-order chi connectivity index (χ1) is 11.0. The number of ether oxygens (including phenoxy) is 1. The molecule has 1 aromatic rings. The summed E-state index contributed by atoms with van der Waals surface area (Å²) in [7, 11) is 1.71. The van der Waals surface area contributed by atoms with Crippen molar-refractivity contribution >= 4 is 23.7 Å². The van der Waals surface area contributed by atoms with Crippen LogP contribution in [0.4, 0.5) is 4.79 Å². The van der Waals surface area contributed by atoms with E-state index in [1.165, 1.54) is 0 Å². The van der Waals surface area contributed by atoms with Gasteiger partial charge in [-0.2, -0.15) is 0 Å². The van der Waals surface area contributed by atoms with Crippen LogP contribution in [0.15, 0.2) is 24.3 Å². The molecule has 0 spiro atoms. The number of carbonyl (C=O) groups is 2. The number of carbonyl (C=O) groups excluding carboxylic acids is 1. The topological polar surface area (TPSA) is 66.8 Å². The monoisotopic (exact) mass is 339 g/mol. The quantitative estimate of drug-likeness (QED) is 0.878. The first-order valence-corrected chi connectivity index (χ1v) is 8.25. The molecule has 0 bridgehead atoms. The van der Waals surface area contributed by atoms with Crippen LogP contribution in [0.25, 0.3) is 0 Å².